The Morgan fingerprint density at radius 3 is 2.82 bits per heavy atom. The Morgan fingerprint density at radius 1 is 1.41 bits per heavy atom. The van der Waals surface area contributed by atoms with Crippen molar-refractivity contribution in [3.63, 3.8) is 0 Å². The van der Waals surface area contributed by atoms with Crippen molar-refractivity contribution in [1.29, 1.82) is 0 Å². The zero-order valence-electron chi connectivity index (χ0n) is 12.7. The molecule has 0 aliphatic carbocycles. The highest BCUT2D eigenvalue weighted by Gasteiger charge is 2.49. The molecule has 1 aliphatic rings. The first kappa shape index (κ1) is 16.0. The van der Waals surface area contributed by atoms with Crippen molar-refractivity contribution >= 4 is 17.6 Å². The number of hydrogen-bond donors (Lipinski definition) is 0. The lowest BCUT2D eigenvalue weighted by Gasteiger charge is -2.26. The number of para-hydroxylation sites is 1. The number of benzene rings is 1. The van der Waals surface area contributed by atoms with Gasteiger partial charge in [0, 0.05) is 25.1 Å². The molecule has 0 saturated heterocycles. The van der Waals surface area contributed by atoms with Crippen LogP contribution in [0.2, 0.25) is 0 Å². The molecule has 1 aromatic carbocycles. The van der Waals surface area contributed by atoms with E-state index < -0.39 is 11.6 Å². The van der Waals surface area contributed by atoms with Crippen molar-refractivity contribution in [2.24, 2.45) is 0 Å². The van der Waals surface area contributed by atoms with Gasteiger partial charge in [-0.2, -0.15) is 0 Å². The maximum Gasteiger partial charge on any atom is 0.330 e. The molecule has 0 bridgehead atoms. The van der Waals surface area contributed by atoms with Crippen LogP contribution < -0.4 is 4.90 Å². The topological polar surface area (TPSA) is 55.8 Å². The number of anilines is 1. The van der Waals surface area contributed by atoms with Crippen molar-refractivity contribution in [1.82, 2.24) is 0 Å². The summed E-state index contributed by atoms with van der Waals surface area (Å²) in [4.78, 5) is 25.4. The van der Waals surface area contributed by atoms with E-state index >= 15 is 0 Å². The normalized spacial score (nSPS) is 20.3. The zero-order chi connectivity index (χ0) is 16.2. The van der Waals surface area contributed by atoms with E-state index in [1.165, 1.54) is 19.3 Å². The lowest BCUT2D eigenvalue weighted by molar-refractivity contribution is -0.141. The second kappa shape index (κ2) is 6.58. The monoisotopic (exact) mass is 301 g/mol. The van der Waals surface area contributed by atoms with Gasteiger partial charge in [-0.3, -0.25) is 4.79 Å². The fourth-order valence-corrected chi connectivity index (χ4v) is 2.60. The van der Waals surface area contributed by atoms with Gasteiger partial charge in [0.1, 0.15) is 0 Å². The number of amides is 1. The van der Waals surface area contributed by atoms with Crippen LogP contribution in [0, 0.1) is 0 Å². The number of ether oxygens (including phenoxy) is 2. The minimum Gasteiger partial charge on any atom is -0.466 e. The molecule has 0 fully saturated rings. The van der Waals surface area contributed by atoms with E-state index in [1.807, 2.05) is 24.3 Å². The summed E-state index contributed by atoms with van der Waals surface area (Å²) in [6, 6.07) is 7.51. The zero-order valence-corrected chi connectivity index (χ0v) is 12.7. The molecule has 1 amide bonds. The lowest BCUT2D eigenvalue weighted by Crippen LogP contribution is -2.40. The first-order valence-electron chi connectivity index (χ1n) is 6.94. The van der Waals surface area contributed by atoms with Crippen LogP contribution in [-0.2, 0) is 24.7 Å². The minimum absolute atomic E-state index is 0.122. The number of carbonyl (C=O) groups is 2. The number of fused-ring (bicyclic) bond motifs is 1. The fourth-order valence-electron chi connectivity index (χ4n) is 2.60. The summed E-state index contributed by atoms with van der Waals surface area (Å²) in [7, 11) is 3.03. The Morgan fingerprint density at radius 2 is 2.14 bits per heavy atom. The van der Waals surface area contributed by atoms with Crippen LogP contribution >= 0.6 is 0 Å². The van der Waals surface area contributed by atoms with Crippen LogP contribution in [0.1, 0.15) is 12.0 Å². The van der Waals surface area contributed by atoms with Gasteiger partial charge in [-0.25, -0.2) is 4.79 Å². The van der Waals surface area contributed by atoms with Gasteiger partial charge < -0.3 is 14.4 Å². The summed E-state index contributed by atoms with van der Waals surface area (Å²) in [6.07, 6.45) is 4.83. The molecular formula is C17H19NO4. The van der Waals surface area contributed by atoms with E-state index in [0.29, 0.717) is 6.42 Å². The number of rotatable bonds is 6. The summed E-state index contributed by atoms with van der Waals surface area (Å²) in [5.41, 5.74) is 0.549. The summed E-state index contributed by atoms with van der Waals surface area (Å²) >= 11 is 0. The molecule has 5 heteroatoms. The van der Waals surface area contributed by atoms with E-state index in [2.05, 4.69) is 11.3 Å². The number of likely N-dealkylation sites (N-methyl/N-ethyl adjacent to an activating group) is 1. The second-order valence-electron chi connectivity index (χ2n) is 4.94. The van der Waals surface area contributed by atoms with Crippen molar-refractivity contribution in [2.75, 3.05) is 25.7 Å². The number of methoxy groups -OCH3 is 1. The van der Waals surface area contributed by atoms with Gasteiger partial charge in [-0.05, 0) is 6.07 Å². The van der Waals surface area contributed by atoms with Gasteiger partial charge in [0.2, 0.25) is 0 Å². The van der Waals surface area contributed by atoms with Crippen LogP contribution in [-0.4, -0.2) is 32.6 Å². The van der Waals surface area contributed by atoms with Gasteiger partial charge in [0.05, 0.1) is 19.4 Å². The molecule has 1 aliphatic heterocycles. The summed E-state index contributed by atoms with van der Waals surface area (Å²) in [5, 5.41) is 0. The predicted octanol–water partition coefficient (Wildman–Crippen LogP) is 2.18. The Balaban J connectivity index is 2.29. The number of nitrogens with zero attached hydrogens (tertiary/aromatic N) is 1. The first-order chi connectivity index (χ1) is 10.6. The number of esters is 1. The molecule has 0 aromatic heterocycles. The Hall–Kier alpha value is -2.40. The smallest absolute Gasteiger partial charge is 0.330 e. The first-order valence-corrected chi connectivity index (χ1v) is 6.94. The van der Waals surface area contributed by atoms with E-state index in [1.54, 1.807) is 18.0 Å². The third-order valence-electron chi connectivity index (χ3n) is 3.66. The summed E-state index contributed by atoms with van der Waals surface area (Å²) in [6.45, 7) is 3.85. The fraction of sp³-hybridized carbons (Fsp3) is 0.294. The molecule has 5 nitrogen and oxygen atoms in total. The number of hydrogen-bond acceptors (Lipinski definition) is 4. The molecule has 1 atom stereocenters. The molecule has 0 N–H and O–H groups in total. The van der Waals surface area contributed by atoms with Gasteiger partial charge in [-0.1, -0.05) is 30.4 Å². The Labute approximate surface area is 129 Å². The van der Waals surface area contributed by atoms with Gasteiger partial charge >= 0.3 is 5.97 Å². The highest BCUT2D eigenvalue weighted by Crippen LogP contribution is 2.44. The average molecular weight is 301 g/mol. The molecule has 1 unspecified atom stereocenters. The molecule has 0 saturated carbocycles. The van der Waals surface area contributed by atoms with E-state index in [9.17, 15) is 9.59 Å². The minimum atomic E-state index is -1.09. The molecule has 2 rings (SSSR count). The van der Waals surface area contributed by atoms with E-state index in [4.69, 9.17) is 4.74 Å². The highest BCUT2D eigenvalue weighted by molar-refractivity contribution is 6.06. The van der Waals surface area contributed by atoms with Crippen molar-refractivity contribution in [2.45, 2.75) is 12.0 Å². The van der Waals surface area contributed by atoms with Crippen molar-refractivity contribution in [3.05, 3.63) is 54.6 Å². The van der Waals surface area contributed by atoms with Gasteiger partial charge in [-0.15, -0.1) is 6.58 Å². The Bertz CT molecular complexity index is 623. The summed E-state index contributed by atoms with van der Waals surface area (Å²) in [5.74, 6) is -0.600. The van der Waals surface area contributed by atoms with Crippen molar-refractivity contribution in [3.8, 4) is 0 Å². The van der Waals surface area contributed by atoms with Crippen LogP contribution in [0.3, 0.4) is 0 Å². The molecule has 116 valence electrons. The van der Waals surface area contributed by atoms with Crippen molar-refractivity contribution < 1.29 is 19.1 Å². The highest BCUT2D eigenvalue weighted by atomic mass is 16.5. The molecule has 1 heterocycles. The van der Waals surface area contributed by atoms with E-state index in [0.717, 1.165) is 11.3 Å². The van der Waals surface area contributed by atoms with Crippen LogP contribution in [0.15, 0.2) is 49.1 Å². The third kappa shape index (κ3) is 2.67. The molecule has 0 spiro atoms. The molecule has 0 radical (unpaired) electrons. The third-order valence-corrected chi connectivity index (χ3v) is 3.66. The largest absolute Gasteiger partial charge is 0.466 e. The molecular weight excluding hydrogens is 282 g/mol. The van der Waals surface area contributed by atoms with E-state index in [-0.39, 0.29) is 12.5 Å². The second-order valence-corrected chi connectivity index (χ2v) is 4.94. The standard InChI is InChI=1S/C17H19NO4/c1-4-11-17(22-12-7-10-15(19)21-3)13-8-5-6-9-14(13)18(2)16(17)20/h4-10H,1,11-12H2,2-3H3/b10-7+. The van der Waals surface area contributed by atoms with Crippen LogP contribution in [0.25, 0.3) is 0 Å². The molecule has 22 heavy (non-hydrogen) atoms. The average Bonchev–Trinajstić information content (AvgIpc) is 2.75. The van der Waals surface area contributed by atoms with Gasteiger partial charge in [0.25, 0.3) is 5.91 Å². The lowest BCUT2D eigenvalue weighted by atomic mass is 9.91. The predicted molar refractivity (Wildman–Crippen MR) is 83.5 cm³/mol. The van der Waals surface area contributed by atoms with Crippen LogP contribution in [0.5, 0.6) is 0 Å². The maximum atomic E-state index is 12.7. The number of carbonyl (C=O) groups excluding carboxylic acids is 2. The Kier molecular flexibility index (Phi) is 4.78. The quantitative estimate of drug-likeness (QED) is 0.459. The maximum absolute atomic E-state index is 12.7. The van der Waals surface area contributed by atoms with Crippen LogP contribution in [0.4, 0.5) is 5.69 Å². The van der Waals surface area contributed by atoms with Gasteiger partial charge in [0.15, 0.2) is 5.60 Å². The summed E-state index contributed by atoms with van der Waals surface area (Å²) < 4.78 is 10.4. The molecule has 1 aromatic rings. The SMILES string of the molecule is C=CCC1(OC/C=C/C(=O)OC)C(=O)N(C)c2ccccc21.